The molecule has 21 heavy (non-hydrogen) atoms. The number of carbonyl (C=O) groups is 1. The van der Waals surface area contributed by atoms with Crippen LogP contribution in [-0.2, 0) is 0 Å². The summed E-state index contributed by atoms with van der Waals surface area (Å²) in [5.74, 6) is -0.0706. The van der Waals surface area contributed by atoms with Crippen molar-refractivity contribution in [1.29, 1.82) is 0 Å². The fourth-order valence-corrected chi connectivity index (χ4v) is 2.07. The fourth-order valence-electron chi connectivity index (χ4n) is 2.07. The highest BCUT2D eigenvalue weighted by atomic mass is 16.5. The van der Waals surface area contributed by atoms with Crippen LogP contribution in [0.5, 0.6) is 11.5 Å². The maximum absolute atomic E-state index is 12.3. The molecule has 4 N–H and O–H groups in total. The lowest BCUT2D eigenvalue weighted by Crippen LogP contribution is -2.14. The number of amides is 1. The summed E-state index contributed by atoms with van der Waals surface area (Å²) in [6, 6.07) is 8.16. The van der Waals surface area contributed by atoms with E-state index in [2.05, 4.69) is 5.32 Å². The number of hydrogen-bond acceptors (Lipinski definition) is 4. The molecule has 0 aliphatic rings. The summed E-state index contributed by atoms with van der Waals surface area (Å²) in [6.07, 6.45) is 0. The largest absolute Gasteiger partial charge is 0.504 e. The maximum Gasteiger partial charge on any atom is 0.255 e. The van der Waals surface area contributed by atoms with Crippen LogP contribution in [0.4, 0.5) is 11.4 Å². The number of rotatable bonds is 3. The number of nitrogens with two attached hydrogens (primary N) is 1. The van der Waals surface area contributed by atoms with E-state index < -0.39 is 0 Å². The Balaban J connectivity index is 2.30. The van der Waals surface area contributed by atoms with Crippen LogP contribution in [0.3, 0.4) is 0 Å². The van der Waals surface area contributed by atoms with Crippen molar-refractivity contribution in [3.8, 4) is 11.5 Å². The Morgan fingerprint density at radius 2 is 1.95 bits per heavy atom. The molecule has 0 atom stereocenters. The molecule has 0 saturated heterocycles. The summed E-state index contributed by atoms with van der Waals surface area (Å²) in [6.45, 7) is 3.75. The molecule has 2 aromatic carbocycles. The molecule has 0 saturated carbocycles. The van der Waals surface area contributed by atoms with Gasteiger partial charge in [-0.05, 0) is 49.2 Å². The molecular weight excluding hydrogens is 268 g/mol. The zero-order valence-corrected chi connectivity index (χ0v) is 12.2. The lowest BCUT2D eigenvalue weighted by Gasteiger charge is -2.14. The first-order chi connectivity index (χ1) is 9.93. The Morgan fingerprint density at radius 3 is 2.57 bits per heavy atom. The smallest absolute Gasteiger partial charge is 0.255 e. The Kier molecular flexibility index (Phi) is 4.03. The van der Waals surface area contributed by atoms with E-state index in [1.54, 1.807) is 18.2 Å². The van der Waals surface area contributed by atoms with E-state index in [0.717, 1.165) is 11.1 Å². The maximum atomic E-state index is 12.3. The van der Waals surface area contributed by atoms with Gasteiger partial charge in [0, 0.05) is 16.9 Å². The number of carbonyl (C=O) groups excluding carboxylic acids is 1. The highest BCUT2D eigenvalue weighted by Gasteiger charge is 2.13. The van der Waals surface area contributed by atoms with Crippen LogP contribution in [0, 0.1) is 13.8 Å². The molecular formula is C16H18N2O3. The van der Waals surface area contributed by atoms with Crippen molar-refractivity contribution >= 4 is 17.3 Å². The fraction of sp³-hybridized carbons (Fsp3) is 0.188. The van der Waals surface area contributed by atoms with Crippen molar-refractivity contribution in [2.24, 2.45) is 0 Å². The van der Waals surface area contributed by atoms with E-state index in [-0.39, 0.29) is 11.7 Å². The SMILES string of the molecule is COc1ccc(C(=O)Nc2c(C)ccc(N)c2C)cc1O. The monoisotopic (exact) mass is 286 g/mol. The number of benzene rings is 2. The summed E-state index contributed by atoms with van der Waals surface area (Å²) < 4.78 is 4.95. The summed E-state index contributed by atoms with van der Waals surface area (Å²) in [5, 5.41) is 12.6. The number of phenolic OH excluding ortho intramolecular Hbond substituents is 1. The Hall–Kier alpha value is -2.69. The van der Waals surface area contributed by atoms with Crippen molar-refractivity contribution in [2.75, 3.05) is 18.2 Å². The van der Waals surface area contributed by atoms with E-state index in [4.69, 9.17) is 10.5 Å². The van der Waals surface area contributed by atoms with Crippen molar-refractivity contribution in [3.63, 3.8) is 0 Å². The van der Waals surface area contributed by atoms with Gasteiger partial charge in [0.1, 0.15) is 0 Å². The minimum Gasteiger partial charge on any atom is -0.504 e. The normalized spacial score (nSPS) is 10.2. The number of aromatic hydroxyl groups is 1. The first kappa shape index (κ1) is 14.7. The number of nitrogens with one attached hydrogen (secondary N) is 1. The molecule has 2 aromatic rings. The average molecular weight is 286 g/mol. The molecule has 110 valence electrons. The topological polar surface area (TPSA) is 84.6 Å². The van der Waals surface area contributed by atoms with Crippen LogP contribution in [0.15, 0.2) is 30.3 Å². The van der Waals surface area contributed by atoms with Crippen LogP contribution >= 0.6 is 0 Å². The molecule has 0 heterocycles. The van der Waals surface area contributed by atoms with E-state index in [9.17, 15) is 9.90 Å². The van der Waals surface area contributed by atoms with Gasteiger partial charge >= 0.3 is 0 Å². The van der Waals surface area contributed by atoms with Gasteiger partial charge in [0.15, 0.2) is 11.5 Å². The second kappa shape index (κ2) is 5.75. The van der Waals surface area contributed by atoms with Crippen LogP contribution < -0.4 is 15.8 Å². The van der Waals surface area contributed by atoms with E-state index in [1.807, 2.05) is 19.9 Å². The average Bonchev–Trinajstić information content (AvgIpc) is 2.47. The van der Waals surface area contributed by atoms with Gasteiger partial charge in [-0.2, -0.15) is 0 Å². The molecule has 0 unspecified atom stereocenters. The van der Waals surface area contributed by atoms with Gasteiger partial charge in [-0.1, -0.05) is 6.07 Å². The Labute approximate surface area is 123 Å². The first-order valence-electron chi connectivity index (χ1n) is 6.48. The van der Waals surface area contributed by atoms with E-state index >= 15 is 0 Å². The lowest BCUT2D eigenvalue weighted by molar-refractivity contribution is 0.102. The molecule has 0 aliphatic heterocycles. The zero-order valence-electron chi connectivity index (χ0n) is 12.2. The van der Waals surface area contributed by atoms with Gasteiger partial charge in [0.25, 0.3) is 5.91 Å². The van der Waals surface area contributed by atoms with Gasteiger partial charge in [0.05, 0.1) is 7.11 Å². The second-order valence-corrected chi connectivity index (χ2v) is 4.81. The molecule has 0 fully saturated rings. The lowest BCUT2D eigenvalue weighted by atomic mass is 10.1. The number of phenols is 1. The summed E-state index contributed by atoms with van der Waals surface area (Å²) >= 11 is 0. The number of hydrogen-bond donors (Lipinski definition) is 3. The molecule has 0 spiro atoms. The third-order valence-electron chi connectivity index (χ3n) is 3.39. The van der Waals surface area contributed by atoms with Gasteiger partial charge < -0.3 is 20.9 Å². The number of aryl methyl sites for hydroxylation is 1. The van der Waals surface area contributed by atoms with Crippen molar-refractivity contribution < 1.29 is 14.6 Å². The molecule has 0 radical (unpaired) electrons. The molecule has 0 aromatic heterocycles. The highest BCUT2D eigenvalue weighted by molar-refractivity contribution is 6.05. The minimum atomic E-state index is -0.315. The molecule has 5 nitrogen and oxygen atoms in total. The van der Waals surface area contributed by atoms with Crippen molar-refractivity contribution in [2.45, 2.75) is 13.8 Å². The quantitative estimate of drug-likeness (QED) is 0.757. The number of anilines is 2. The summed E-state index contributed by atoms with van der Waals surface area (Å²) in [7, 11) is 1.45. The van der Waals surface area contributed by atoms with Crippen molar-refractivity contribution in [3.05, 3.63) is 47.0 Å². The molecule has 5 heteroatoms. The van der Waals surface area contributed by atoms with Gasteiger partial charge in [-0.25, -0.2) is 0 Å². The van der Waals surface area contributed by atoms with Crippen LogP contribution in [0.2, 0.25) is 0 Å². The standard InChI is InChI=1S/C16H18N2O3/c1-9-4-6-12(17)10(2)15(9)18-16(20)11-5-7-14(21-3)13(19)8-11/h4-8,19H,17H2,1-3H3,(H,18,20). The Bertz CT molecular complexity index is 696. The summed E-state index contributed by atoms with van der Waals surface area (Å²) in [5.41, 5.74) is 9.25. The third-order valence-corrected chi connectivity index (χ3v) is 3.39. The van der Waals surface area contributed by atoms with Crippen LogP contribution in [0.1, 0.15) is 21.5 Å². The third kappa shape index (κ3) is 2.91. The van der Waals surface area contributed by atoms with Gasteiger partial charge in [0.2, 0.25) is 0 Å². The zero-order chi connectivity index (χ0) is 15.6. The summed E-state index contributed by atoms with van der Waals surface area (Å²) in [4.78, 5) is 12.3. The second-order valence-electron chi connectivity index (χ2n) is 4.81. The number of ether oxygens (including phenoxy) is 1. The Morgan fingerprint density at radius 1 is 1.24 bits per heavy atom. The van der Waals surface area contributed by atoms with E-state index in [0.29, 0.717) is 22.7 Å². The predicted molar refractivity (Wildman–Crippen MR) is 82.9 cm³/mol. The predicted octanol–water partition coefficient (Wildman–Crippen LogP) is 2.85. The van der Waals surface area contributed by atoms with Gasteiger partial charge in [-0.15, -0.1) is 0 Å². The molecule has 0 aliphatic carbocycles. The number of nitrogen functional groups attached to an aromatic ring is 1. The highest BCUT2D eigenvalue weighted by Crippen LogP contribution is 2.28. The first-order valence-corrected chi connectivity index (χ1v) is 6.48. The molecule has 1 amide bonds. The van der Waals surface area contributed by atoms with E-state index in [1.165, 1.54) is 13.2 Å². The van der Waals surface area contributed by atoms with Gasteiger partial charge in [-0.3, -0.25) is 4.79 Å². The minimum absolute atomic E-state index is 0.0776. The number of methoxy groups -OCH3 is 1. The van der Waals surface area contributed by atoms with Crippen molar-refractivity contribution in [1.82, 2.24) is 0 Å². The molecule has 0 bridgehead atoms. The van der Waals surface area contributed by atoms with Crippen LogP contribution in [0.25, 0.3) is 0 Å². The van der Waals surface area contributed by atoms with Crippen LogP contribution in [-0.4, -0.2) is 18.1 Å². The molecule has 2 rings (SSSR count).